The summed E-state index contributed by atoms with van der Waals surface area (Å²) in [6.45, 7) is 2.73. The minimum Gasteiger partial charge on any atom is -0.478 e. The van der Waals surface area contributed by atoms with Gasteiger partial charge >= 0.3 is 5.97 Å². The van der Waals surface area contributed by atoms with Crippen molar-refractivity contribution in [1.82, 2.24) is 5.32 Å². The van der Waals surface area contributed by atoms with Crippen LogP contribution in [0, 0.1) is 0 Å². The zero-order valence-electron chi connectivity index (χ0n) is 8.45. The quantitative estimate of drug-likeness (QED) is 0.480. The number of hydrogen-bond acceptors (Lipinski definition) is 2. The van der Waals surface area contributed by atoms with Crippen LogP contribution in [0.5, 0.6) is 0 Å². The summed E-state index contributed by atoms with van der Waals surface area (Å²) in [7, 11) is 0. The Bertz CT molecular complexity index is 211. The highest BCUT2D eigenvalue weighted by atomic mass is 16.4. The molecule has 0 aliphatic heterocycles. The van der Waals surface area contributed by atoms with Gasteiger partial charge in [-0.05, 0) is 6.42 Å². The second-order valence-corrected chi connectivity index (χ2v) is 3.02. The van der Waals surface area contributed by atoms with Crippen LogP contribution in [0.15, 0.2) is 12.2 Å². The first-order valence-corrected chi connectivity index (χ1v) is 4.85. The molecular weight excluding hydrogens is 182 g/mol. The molecule has 0 fully saturated rings. The van der Waals surface area contributed by atoms with Gasteiger partial charge in [0.15, 0.2) is 0 Å². The number of nitrogens with one attached hydrogen (secondary N) is 1. The summed E-state index contributed by atoms with van der Waals surface area (Å²) < 4.78 is 0. The number of aliphatic carboxylic acids is 1. The Kier molecular flexibility index (Phi) is 7.50. The Morgan fingerprint density at radius 1 is 1.21 bits per heavy atom. The molecule has 0 radical (unpaired) electrons. The Balaban J connectivity index is 3.40. The average Bonchev–Trinajstić information content (AvgIpc) is 2.14. The number of rotatable bonds is 7. The van der Waals surface area contributed by atoms with E-state index in [0.717, 1.165) is 31.4 Å². The van der Waals surface area contributed by atoms with E-state index in [0.29, 0.717) is 6.54 Å². The normalized spacial score (nSPS) is 10.4. The van der Waals surface area contributed by atoms with Crippen molar-refractivity contribution in [3.8, 4) is 0 Å². The molecule has 0 aromatic carbocycles. The summed E-state index contributed by atoms with van der Waals surface area (Å²) in [6, 6.07) is 0. The first kappa shape index (κ1) is 12.7. The molecule has 80 valence electrons. The topological polar surface area (TPSA) is 66.4 Å². The summed E-state index contributed by atoms with van der Waals surface area (Å²) in [5, 5.41) is 10.8. The number of hydrogen-bond donors (Lipinski definition) is 2. The van der Waals surface area contributed by atoms with Gasteiger partial charge in [0.2, 0.25) is 5.91 Å². The molecule has 0 spiro atoms. The highest BCUT2D eigenvalue weighted by molar-refractivity contribution is 5.93. The highest BCUT2D eigenvalue weighted by Crippen LogP contribution is 1.96. The van der Waals surface area contributed by atoms with Gasteiger partial charge in [-0.1, -0.05) is 26.2 Å². The predicted octanol–water partition coefficient (Wildman–Crippen LogP) is 1.32. The van der Waals surface area contributed by atoms with Gasteiger partial charge in [0.25, 0.3) is 0 Å². The van der Waals surface area contributed by atoms with Gasteiger partial charge in [-0.2, -0.15) is 0 Å². The van der Waals surface area contributed by atoms with E-state index in [1.165, 1.54) is 6.42 Å². The number of carbonyl (C=O) groups is 2. The van der Waals surface area contributed by atoms with Crippen molar-refractivity contribution in [3.63, 3.8) is 0 Å². The molecule has 0 heterocycles. The maximum absolute atomic E-state index is 10.9. The molecule has 0 atom stereocenters. The van der Waals surface area contributed by atoms with Crippen LogP contribution in [-0.2, 0) is 9.59 Å². The lowest BCUT2D eigenvalue weighted by Gasteiger charge is -2.00. The molecule has 4 nitrogen and oxygen atoms in total. The van der Waals surface area contributed by atoms with Crippen LogP contribution in [0.4, 0.5) is 0 Å². The van der Waals surface area contributed by atoms with Crippen LogP contribution in [0.3, 0.4) is 0 Å². The Morgan fingerprint density at radius 3 is 2.50 bits per heavy atom. The molecule has 0 bridgehead atoms. The third-order valence-electron chi connectivity index (χ3n) is 1.71. The molecule has 14 heavy (non-hydrogen) atoms. The molecule has 0 aromatic rings. The Morgan fingerprint density at radius 2 is 1.93 bits per heavy atom. The average molecular weight is 199 g/mol. The van der Waals surface area contributed by atoms with Crippen LogP contribution in [-0.4, -0.2) is 23.5 Å². The van der Waals surface area contributed by atoms with Gasteiger partial charge in [-0.3, -0.25) is 4.79 Å². The number of unbranched alkanes of at least 4 members (excludes halogenated alkanes) is 3. The molecule has 2 N–H and O–H groups in total. The fourth-order valence-electron chi connectivity index (χ4n) is 0.969. The second kappa shape index (κ2) is 8.29. The van der Waals surface area contributed by atoms with Crippen LogP contribution < -0.4 is 5.32 Å². The standard InChI is InChI=1S/C10H17NO3/c1-2-3-4-5-8-11-9(12)6-7-10(13)14/h6-7H,2-5,8H2,1H3,(H,11,12)(H,13,14)/b7-6+. The van der Waals surface area contributed by atoms with Crippen LogP contribution in [0.25, 0.3) is 0 Å². The van der Waals surface area contributed by atoms with E-state index in [2.05, 4.69) is 12.2 Å². The maximum atomic E-state index is 10.9. The van der Waals surface area contributed by atoms with Gasteiger partial charge < -0.3 is 10.4 Å². The smallest absolute Gasteiger partial charge is 0.328 e. The van der Waals surface area contributed by atoms with E-state index in [-0.39, 0.29) is 5.91 Å². The SMILES string of the molecule is CCCCCCNC(=O)/C=C/C(=O)O. The summed E-state index contributed by atoms with van der Waals surface area (Å²) in [5.41, 5.74) is 0. The number of carboxylic acids is 1. The maximum Gasteiger partial charge on any atom is 0.328 e. The van der Waals surface area contributed by atoms with Gasteiger partial charge in [-0.15, -0.1) is 0 Å². The van der Waals surface area contributed by atoms with Gasteiger partial charge in [0.05, 0.1) is 0 Å². The molecule has 0 saturated heterocycles. The summed E-state index contributed by atoms with van der Waals surface area (Å²) in [5.74, 6) is -1.45. The highest BCUT2D eigenvalue weighted by Gasteiger charge is 1.95. The molecular formula is C10H17NO3. The fourth-order valence-corrected chi connectivity index (χ4v) is 0.969. The first-order chi connectivity index (χ1) is 6.66. The van der Waals surface area contributed by atoms with E-state index in [9.17, 15) is 9.59 Å². The lowest BCUT2D eigenvalue weighted by molar-refractivity contribution is -0.131. The summed E-state index contributed by atoms with van der Waals surface area (Å²) >= 11 is 0. The largest absolute Gasteiger partial charge is 0.478 e. The molecule has 4 heteroatoms. The van der Waals surface area contributed by atoms with Crippen molar-refractivity contribution in [2.45, 2.75) is 32.6 Å². The third-order valence-corrected chi connectivity index (χ3v) is 1.71. The lowest BCUT2D eigenvalue weighted by atomic mass is 10.2. The van der Waals surface area contributed by atoms with Gasteiger partial charge in [0, 0.05) is 18.7 Å². The lowest BCUT2D eigenvalue weighted by Crippen LogP contribution is -2.22. The molecule has 1 amide bonds. The van der Waals surface area contributed by atoms with Crippen LogP contribution in [0.1, 0.15) is 32.6 Å². The second-order valence-electron chi connectivity index (χ2n) is 3.02. The number of carboxylic acid groups (broad SMARTS) is 1. The Hall–Kier alpha value is -1.32. The van der Waals surface area contributed by atoms with Crippen molar-refractivity contribution < 1.29 is 14.7 Å². The van der Waals surface area contributed by atoms with E-state index in [4.69, 9.17) is 5.11 Å². The van der Waals surface area contributed by atoms with Gasteiger partial charge in [-0.25, -0.2) is 4.79 Å². The van der Waals surface area contributed by atoms with Crippen molar-refractivity contribution in [2.75, 3.05) is 6.54 Å². The first-order valence-electron chi connectivity index (χ1n) is 4.85. The summed E-state index contributed by atoms with van der Waals surface area (Å²) in [6.07, 6.45) is 6.23. The monoisotopic (exact) mass is 199 g/mol. The molecule has 0 rings (SSSR count). The molecule has 0 aromatic heterocycles. The van der Waals surface area contributed by atoms with Crippen LogP contribution in [0.2, 0.25) is 0 Å². The minimum atomic E-state index is -1.11. The van der Waals surface area contributed by atoms with Gasteiger partial charge in [0.1, 0.15) is 0 Å². The molecule has 0 saturated carbocycles. The molecule has 0 aliphatic carbocycles. The number of amides is 1. The molecule has 0 unspecified atom stereocenters. The third kappa shape index (κ3) is 8.77. The predicted molar refractivity (Wildman–Crippen MR) is 53.9 cm³/mol. The van der Waals surface area contributed by atoms with Crippen LogP contribution >= 0.6 is 0 Å². The van der Waals surface area contributed by atoms with Crippen molar-refractivity contribution in [1.29, 1.82) is 0 Å². The van der Waals surface area contributed by atoms with E-state index in [1.54, 1.807) is 0 Å². The summed E-state index contributed by atoms with van der Waals surface area (Å²) in [4.78, 5) is 21.0. The zero-order chi connectivity index (χ0) is 10.8. The molecule has 0 aliphatic rings. The fraction of sp³-hybridized carbons (Fsp3) is 0.600. The van der Waals surface area contributed by atoms with E-state index in [1.807, 2.05) is 0 Å². The van der Waals surface area contributed by atoms with Crippen molar-refractivity contribution >= 4 is 11.9 Å². The van der Waals surface area contributed by atoms with Crippen molar-refractivity contribution in [3.05, 3.63) is 12.2 Å². The number of carbonyl (C=O) groups excluding carboxylic acids is 1. The van der Waals surface area contributed by atoms with E-state index < -0.39 is 5.97 Å². The van der Waals surface area contributed by atoms with Crippen molar-refractivity contribution in [2.24, 2.45) is 0 Å². The Labute approximate surface area is 84.0 Å². The minimum absolute atomic E-state index is 0.344. The van der Waals surface area contributed by atoms with E-state index >= 15 is 0 Å². The zero-order valence-corrected chi connectivity index (χ0v) is 8.45.